The first-order valence-corrected chi connectivity index (χ1v) is 13.6. The van der Waals surface area contributed by atoms with Gasteiger partial charge in [0, 0.05) is 14.2 Å². The Morgan fingerprint density at radius 1 is 0.432 bits per heavy atom. The van der Waals surface area contributed by atoms with Gasteiger partial charge in [-0.25, -0.2) is 9.59 Å². The third kappa shape index (κ3) is 7.09. The summed E-state index contributed by atoms with van der Waals surface area (Å²) in [5.74, 6) is 1.39. The maximum atomic E-state index is 12.0. The summed E-state index contributed by atoms with van der Waals surface area (Å²) in [5.41, 5.74) is 0. The molecule has 44 heavy (non-hydrogen) atoms. The summed E-state index contributed by atoms with van der Waals surface area (Å²) < 4.78 is 54.9. The summed E-state index contributed by atoms with van der Waals surface area (Å²) in [6.45, 7) is 0.504. The molecule has 0 aliphatic carbocycles. The smallest absolute Gasteiger partial charge is 0.343 e. The van der Waals surface area contributed by atoms with Crippen molar-refractivity contribution in [3.05, 3.63) is 36.4 Å². The molecule has 0 aliphatic heterocycles. The van der Waals surface area contributed by atoms with E-state index in [4.69, 9.17) is 47.4 Å². The molecular weight excluding hydrogens is 576 g/mol. The Hall–Kier alpha value is -4.68. The molecule has 12 nitrogen and oxygen atoms in total. The van der Waals surface area contributed by atoms with Crippen molar-refractivity contribution < 1.29 is 57.0 Å². The fraction of sp³-hybridized carbons (Fsp3) is 0.375. The van der Waals surface area contributed by atoms with Gasteiger partial charge in [0.05, 0.1) is 41.7 Å². The normalized spacial score (nSPS) is 11.0. The topological polar surface area (TPSA) is 126 Å². The van der Waals surface area contributed by atoms with Crippen molar-refractivity contribution >= 4 is 44.3 Å². The molecule has 0 fully saturated rings. The molecular formula is C32H36O12. The number of benzene rings is 4. The van der Waals surface area contributed by atoms with Gasteiger partial charge in [-0.2, -0.15) is 0 Å². The highest BCUT2D eigenvalue weighted by atomic mass is 16.6. The van der Waals surface area contributed by atoms with E-state index in [2.05, 4.69) is 0 Å². The minimum absolute atomic E-state index is 0.243. The molecule has 0 radical (unpaired) electrons. The maximum absolute atomic E-state index is 12.0. The molecule has 4 rings (SSSR count). The molecule has 0 saturated heterocycles. The van der Waals surface area contributed by atoms with Crippen LogP contribution in [0, 0.1) is 0 Å². The summed E-state index contributed by atoms with van der Waals surface area (Å²) in [6, 6.07) is 11.0. The number of rotatable bonds is 16. The molecule has 0 bridgehead atoms. The van der Waals surface area contributed by atoms with Gasteiger partial charge in [-0.05, 0) is 68.7 Å². The number of methoxy groups -OCH3 is 6. The maximum Gasteiger partial charge on any atom is 0.343 e. The molecule has 4 aromatic rings. The van der Waals surface area contributed by atoms with Gasteiger partial charge in [0.25, 0.3) is 0 Å². The lowest BCUT2D eigenvalue weighted by molar-refractivity contribution is -0.143. The number of hydrogen-bond acceptors (Lipinski definition) is 12. The number of hydrogen-bond donors (Lipinski definition) is 0. The van der Waals surface area contributed by atoms with Crippen molar-refractivity contribution in [3.63, 3.8) is 0 Å². The molecule has 236 valence electrons. The molecule has 0 spiro atoms. The SMILES string of the molecule is COCCOc1cc2c3cc(OC)c(OC)cc3c3cc(OCCOC)c(OCC(=O)OC)cc3c2cc1OCC(=O)OC. The average Bonchev–Trinajstić information content (AvgIpc) is 3.05. The Labute approximate surface area is 254 Å². The fourth-order valence-corrected chi connectivity index (χ4v) is 4.65. The van der Waals surface area contributed by atoms with Crippen LogP contribution in [0.25, 0.3) is 32.3 Å². The second kappa shape index (κ2) is 15.2. The highest BCUT2D eigenvalue weighted by Crippen LogP contribution is 2.47. The van der Waals surface area contributed by atoms with Gasteiger partial charge >= 0.3 is 11.9 Å². The van der Waals surface area contributed by atoms with Crippen LogP contribution in [-0.4, -0.2) is 94.2 Å². The van der Waals surface area contributed by atoms with Crippen molar-refractivity contribution in [2.75, 3.05) is 82.3 Å². The van der Waals surface area contributed by atoms with E-state index in [0.29, 0.717) is 47.7 Å². The van der Waals surface area contributed by atoms with Gasteiger partial charge in [-0.3, -0.25) is 0 Å². The summed E-state index contributed by atoms with van der Waals surface area (Å²) in [6.07, 6.45) is 0. The van der Waals surface area contributed by atoms with Gasteiger partial charge in [-0.1, -0.05) is 0 Å². The van der Waals surface area contributed by atoms with Crippen LogP contribution in [0.4, 0.5) is 0 Å². The van der Waals surface area contributed by atoms with Gasteiger partial charge in [0.1, 0.15) is 13.2 Å². The molecule has 12 heteroatoms. The summed E-state index contributed by atoms with van der Waals surface area (Å²) in [5, 5.41) is 4.71. The van der Waals surface area contributed by atoms with Crippen LogP contribution >= 0.6 is 0 Å². The van der Waals surface area contributed by atoms with Crippen LogP contribution < -0.4 is 28.4 Å². The van der Waals surface area contributed by atoms with E-state index >= 15 is 0 Å². The van der Waals surface area contributed by atoms with Crippen LogP contribution in [0.2, 0.25) is 0 Å². The number of ether oxygens (including phenoxy) is 10. The summed E-state index contributed by atoms with van der Waals surface area (Å²) >= 11 is 0. The van der Waals surface area contributed by atoms with Crippen molar-refractivity contribution in [3.8, 4) is 34.5 Å². The van der Waals surface area contributed by atoms with Crippen LogP contribution in [0.5, 0.6) is 34.5 Å². The first-order chi connectivity index (χ1) is 21.4. The van der Waals surface area contributed by atoms with Gasteiger partial charge in [-0.15, -0.1) is 0 Å². The Kier molecular flexibility index (Phi) is 11.1. The Morgan fingerprint density at radius 2 is 0.727 bits per heavy atom. The largest absolute Gasteiger partial charge is 0.493 e. The molecule has 0 atom stereocenters. The third-order valence-corrected chi connectivity index (χ3v) is 6.80. The van der Waals surface area contributed by atoms with Crippen molar-refractivity contribution in [1.29, 1.82) is 0 Å². The monoisotopic (exact) mass is 612 g/mol. The summed E-state index contributed by atoms with van der Waals surface area (Å²) in [4.78, 5) is 23.9. The zero-order valence-electron chi connectivity index (χ0n) is 25.6. The molecule has 0 unspecified atom stereocenters. The van der Waals surface area contributed by atoms with E-state index in [1.165, 1.54) is 14.2 Å². The van der Waals surface area contributed by atoms with Gasteiger partial charge in [0.15, 0.2) is 47.7 Å². The second-order valence-electron chi connectivity index (χ2n) is 9.35. The van der Waals surface area contributed by atoms with E-state index in [9.17, 15) is 9.59 Å². The van der Waals surface area contributed by atoms with Crippen molar-refractivity contribution in [2.24, 2.45) is 0 Å². The first-order valence-electron chi connectivity index (χ1n) is 13.6. The van der Waals surface area contributed by atoms with Crippen LogP contribution in [0.1, 0.15) is 0 Å². The first kappa shape index (κ1) is 32.2. The van der Waals surface area contributed by atoms with Gasteiger partial charge in [0.2, 0.25) is 0 Å². The van der Waals surface area contributed by atoms with Crippen LogP contribution in [0.3, 0.4) is 0 Å². The van der Waals surface area contributed by atoms with Crippen LogP contribution in [-0.2, 0) is 28.5 Å². The minimum atomic E-state index is -0.551. The Balaban J connectivity index is 2.07. The highest BCUT2D eigenvalue weighted by Gasteiger charge is 2.20. The van der Waals surface area contributed by atoms with E-state index in [-0.39, 0.29) is 26.4 Å². The standard InChI is InChI=1S/C32H36O12/c1-35-7-9-41-27-13-21-19-11-25(37-3)26(38-4)12-20(19)22-14-28(42-10-8-36-2)30(44-18-32(34)40-6)16-24(22)23(21)15-29(27)43-17-31(33)39-5/h11-16H,7-10,17-18H2,1-6H3. The number of fused-ring (bicyclic) bond motifs is 6. The lowest BCUT2D eigenvalue weighted by Gasteiger charge is -2.19. The number of carbonyl (C=O) groups is 2. The number of esters is 2. The fourth-order valence-electron chi connectivity index (χ4n) is 4.65. The van der Waals surface area contributed by atoms with E-state index < -0.39 is 11.9 Å². The zero-order valence-corrected chi connectivity index (χ0v) is 25.6. The highest BCUT2D eigenvalue weighted by molar-refractivity contribution is 6.26. The molecule has 0 N–H and O–H groups in total. The lowest BCUT2D eigenvalue weighted by Crippen LogP contribution is -2.14. The second-order valence-corrected chi connectivity index (χ2v) is 9.35. The van der Waals surface area contributed by atoms with E-state index in [0.717, 1.165) is 32.3 Å². The molecule has 0 heterocycles. The molecule has 4 aromatic carbocycles. The molecule has 0 aromatic heterocycles. The molecule has 0 amide bonds. The lowest BCUT2D eigenvalue weighted by atomic mass is 9.93. The predicted octanol–water partition coefficient (Wildman–Crippen LogP) is 4.32. The van der Waals surface area contributed by atoms with Crippen LogP contribution in [0.15, 0.2) is 36.4 Å². The number of carbonyl (C=O) groups excluding carboxylic acids is 2. The molecule has 0 saturated carbocycles. The van der Waals surface area contributed by atoms with Gasteiger partial charge < -0.3 is 47.4 Å². The van der Waals surface area contributed by atoms with E-state index in [1.807, 2.05) is 24.3 Å². The third-order valence-electron chi connectivity index (χ3n) is 6.80. The molecule has 0 aliphatic rings. The quantitative estimate of drug-likeness (QED) is 0.102. The summed E-state index contributed by atoms with van der Waals surface area (Å²) in [7, 11) is 8.85. The van der Waals surface area contributed by atoms with Crippen molar-refractivity contribution in [1.82, 2.24) is 0 Å². The average molecular weight is 613 g/mol. The zero-order chi connectivity index (χ0) is 31.6. The predicted molar refractivity (Wildman–Crippen MR) is 162 cm³/mol. The van der Waals surface area contributed by atoms with Crippen molar-refractivity contribution in [2.45, 2.75) is 0 Å². The Bertz CT molecular complexity index is 1510. The van der Waals surface area contributed by atoms with E-state index in [1.54, 1.807) is 40.6 Å². The Morgan fingerprint density at radius 3 is 1.00 bits per heavy atom. The minimum Gasteiger partial charge on any atom is -0.493 e.